The number of rotatable bonds is 7. The van der Waals surface area contributed by atoms with Crippen molar-refractivity contribution < 1.29 is 22.7 Å². The van der Waals surface area contributed by atoms with Gasteiger partial charge in [0.2, 0.25) is 10.0 Å². The Morgan fingerprint density at radius 2 is 1.83 bits per heavy atom. The standard InChI is InChI=1S/C20H21N3O5S/c1-13(20(25)23-15-7-9-16(10-8-15)29(21,26)27)28-19(24)11-6-14-12-22-18-5-3-2-4-17(14)18/h2-5,7-10,12-13,22H,6,11H2,1H3,(H,23,25)(H2,21,26,27)/t13-/m0/s1. The third kappa shape index (κ3) is 5.21. The Kier molecular flexibility index (Phi) is 6.00. The molecule has 0 aliphatic heterocycles. The van der Waals surface area contributed by atoms with E-state index in [0.717, 1.165) is 16.5 Å². The molecule has 1 heterocycles. The second-order valence-corrected chi connectivity index (χ2v) is 8.11. The van der Waals surface area contributed by atoms with Crippen molar-refractivity contribution in [1.82, 2.24) is 4.98 Å². The van der Waals surface area contributed by atoms with Crippen LogP contribution in [0.15, 0.2) is 59.6 Å². The quantitative estimate of drug-likeness (QED) is 0.510. The number of hydrogen-bond acceptors (Lipinski definition) is 5. The van der Waals surface area contributed by atoms with E-state index in [1.165, 1.54) is 31.2 Å². The molecule has 2 aromatic carbocycles. The van der Waals surface area contributed by atoms with Crippen molar-refractivity contribution in [2.75, 3.05) is 5.32 Å². The number of H-pyrrole nitrogens is 1. The van der Waals surface area contributed by atoms with Crippen molar-refractivity contribution in [1.29, 1.82) is 0 Å². The number of carbonyl (C=O) groups excluding carboxylic acids is 2. The molecule has 0 fully saturated rings. The molecule has 4 N–H and O–H groups in total. The predicted octanol–water partition coefficient (Wildman–Crippen LogP) is 2.32. The Balaban J connectivity index is 1.51. The van der Waals surface area contributed by atoms with Crippen LogP contribution in [0.4, 0.5) is 5.69 Å². The highest BCUT2D eigenvalue weighted by atomic mass is 32.2. The number of benzene rings is 2. The molecule has 1 aromatic heterocycles. The van der Waals surface area contributed by atoms with Crippen LogP contribution in [0.3, 0.4) is 0 Å². The normalized spacial score (nSPS) is 12.5. The molecule has 152 valence electrons. The molecule has 1 atom stereocenters. The summed E-state index contributed by atoms with van der Waals surface area (Å²) >= 11 is 0. The van der Waals surface area contributed by atoms with E-state index < -0.39 is 28.0 Å². The maximum Gasteiger partial charge on any atom is 0.306 e. The molecule has 0 radical (unpaired) electrons. The Morgan fingerprint density at radius 3 is 2.52 bits per heavy atom. The predicted molar refractivity (Wildman–Crippen MR) is 109 cm³/mol. The molecule has 1 amide bonds. The van der Waals surface area contributed by atoms with E-state index in [0.29, 0.717) is 12.1 Å². The first-order chi connectivity index (χ1) is 13.7. The van der Waals surface area contributed by atoms with Crippen LogP contribution in [-0.4, -0.2) is 31.4 Å². The van der Waals surface area contributed by atoms with Gasteiger partial charge < -0.3 is 15.0 Å². The highest BCUT2D eigenvalue weighted by Crippen LogP contribution is 2.19. The number of carbonyl (C=O) groups is 2. The van der Waals surface area contributed by atoms with Gasteiger partial charge in [-0.1, -0.05) is 18.2 Å². The van der Waals surface area contributed by atoms with Crippen molar-refractivity contribution in [3.63, 3.8) is 0 Å². The number of fused-ring (bicyclic) bond motifs is 1. The Hall–Kier alpha value is -3.17. The zero-order valence-corrected chi connectivity index (χ0v) is 16.5. The Bertz CT molecular complexity index is 1140. The van der Waals surface area contributed by atoms with Crippen LogP contribution < -0.4 is 10.5 Å². The summed E-state index contributed by atoms with van der Waals surface area (Å²) in [4.78, 5) is 27.4. The number of primary sulfonamides is 1. The third-order valence-corrected chi connectivity index (χ3v) is 5.33. The summed E-state index contributed by atoms with van der Waals surface area (Å²) in [6.45, 7) is 1.47. The molecule has 9 heteroatoms. The van der Waals surface area contributed by atoms with Gasteiger partial charge in [0.15, 0.2) is 6.10 Å². The summed E-state index contributed by atoms with van der Waals surface area (Å²) in [7, 11) is -3.80. The molecule has 3 rings (SSSR count). The second kappa shape index (κ2) is 8.46. The van der Waals surface area contributed by atoms with E-state index in [1.807, 2.05) is 30.5 Å². The number of para-hydroxylation sites is 1. The molecule has 0 saturated carbocycles. The number of anilines is 1. The lowest BCUT2D eigenvalue weighted by molar-refractivity contribution is -0.153. The summed E-state index contributed by atoms with van der Waals surface area (Å²) in [6.07, 6.45) is 1.50. The van der Waals surface area contributed by atoms with Crippen molar-refractivity contribution in [2.45, 2.75) is 30.8 Å². The fourth-order valence-electron chi connectivity index (χ4n) is 2.86. The van der Waals surface area contributed by atoms with Gasteiger partial charge in [-0.2, -0.15) is 0 Å². The monoisotopic (exact) mass is 415 g/mol. The van der Waals surface area contributed by atoms with Crippen LogP contribution in [0.1, 0.15) is 18.9 Å². The average Bonchev–Trinajstić information content (AvgIpc) is 3.09. The smallest absolute Gasteiger partial charge is 0.306 e. The first-order valence-corrected chi connectivity index (χ1v) is 10.5. The molecular formula is C20H21N3O5S. The lowest BCUT2D eigenvalue weighted by Crippen LogP contribution is -2.30. The van der Waals surface area contributed by atoms with Crippen LogP contribution in [0.5, 0.6) is 0 Å². The van der Waals surface area contributed by atoms with Gasteiger partial charge in [-0.25, -0.2) is 13.6 Å². The molecule has 3 aromatic rings. The first-order valence-electron chi connectivity index (χ1n) is 8.92. The molecular weight excluding hydrogens is 394 g/mol. The van der Waals surface area contributed by atoms with E-state index in [9.17, 15) is 18.0 Å². The zero-order valence-electron chi connectivity index (χ0n) is 15.7. The highest BCUT2D eigenvalue weighted by molar-refractivity contribution is 7.89. The number of sulfonamides is 1. The Labute approximate surface area is 168 Å². The fraction of sp³-hybridized carbons (Fsp3) is 0.200. The zero-order chi connectivity index (χ0) is 21.0. The maximum absolute atomic E-state index is 12.2. The molecule has 0 spiro atoms. The van der Waals surface area contributed by atoms with E-state index >= 15 is 0 Å². The second-order valence-electron chi connectivity index (χ2n) is 6.55. The van der Waals surface area contributed by atoms with Gasteiger partial charge in [-0.3, -0.25) is 9.59 Å². The largest absolute Gasteiger partial charge is 0.453 e. The van der Waals surface area contributed by atoms with Gasteiger partial charge in [0, 0.05) is 29.2 Å². The molecule has 0 aliphatic rings. The number of amides is 1. The minimum absolute atomic E-state index is 0.0627. The van der Waals surface area contributed by atoms with E-state index in [4.69, 9.17) is 9.88 Å². The van der Waals surface area contributed by atoms with E-state index in [-0.39, 0.29) is 11.3 Å². The first kappa shape index (κ1) is 20.6. The van der Waals surface area contributed by atoms with Crippen LogP contribution >= 0.6 is 0 Å². The lowest BCUT2D eigenvalue weighted by atomic mass is 10.1. The van der Waals surface area contributed by atoms with Crippen molar-refractivity contribution in [2.24, 2.45) is 5.14 Å². The van der Waals surface area contributed by atoms with Crippen molar-refractivity contribution in [3.05, 3.63) is 60.3 Å². The number of aryl methyl sites for hydroxylation is 1. The average molecular weight is 415 g/mol. The third-order valence-electron chi connectivity index (χ3n) is 4.40. The summed E-state index contributed by atoms with van der Waals surface area (Å²) in [5.74, 6) is -1.00. The fourth-order valence-corrected chi connectivity index (χ4v) is 3.37. The van der Waals surface area contributed by atoms with Crippen LogP contribution in [0.2, 0.25) is 0 Å². The number of nitrogens with one attached hydrogen (secondary N) is 2. The van der Waals surface area contributed by atoms with Gasteiger partial charge in [0.25, 0.3) is 5.91 Å². The summed E-state index contributed by atoms with van der Waals surface area (Å²) in [5, 5.41) is 8.64. The van der Waals surface area contributed by atoms with Crippen molar-refractivity contribution in [3.8, 4) is 0 Å². The van der Waals surface area contributed by atoms with E-state index in [1.54, 1.807) is 0 Å². The number of ether oxygens (including phenoxy) is 1. The Morgan fingerprint density at radius 1 is 1.14 bits per heavy atom. The molecule has 0 unspecified atom stereocenters. The number of aromatic amines is 1. The summed E-state index contributed by atoms with van der Waals surface area (Å²) < 4.78 is 27.7. The van der Waals surface area contributed by atoms with Crippen LogP contribution in [0, 0.1) is 0 Å². The number of esters is 1. The van der Waals surface area contributed by atoms with Gasteiger partial charge in [0.1, 0.15) is 0 Å². The van der Waals surface area contributed by atoms with Gasteiger partial charge >= 0.3 is 5.97 Å². The highest BCUT2D eigenvalue weighted by Gasteiger charge is 2.18. The minimum atomic E-state index is -3.80. The van der Waals surface area contributed by atoms with Crippen molar-refractivity contribution >= 4 is 38.5 Å². The van der Waals surface area contributed by atoms with E-state index in [2.05, 4.69) is 10.3 Å². The van der Waals surface area contributed by atoms with Gasteiger partial charge in [-0.05, 0) is 49.2 Å². The molecule has 0 saturated heterocycles. The molecule has 29 heavy (non-hydrogen) atoms. The SMILES string of the molecule is C[C@H](OC(=O)CCc1c[nH]c2ccccc12)C(=O)Nc1ccc(S(N)(=O)=O)cc1. The topological polar surface area (TPSA) is 131 Å². The van der Waals surface area contributed by atoms with Crippen LogP contribution in [0.25, 0.3) is 10.9 Å². The minimum Gasteiger partial charge on any atom is -0.453 e. The van der Waals surface area contributed by atoms with Crippen LogP contribution in [-0.2, 0) is 30.8 Å². The summed E-state index contributed by atoms with van der Waals surface area (Å²) in [5.41, 5.74) is 2.37. The number of nitrogens with two attached hydrogens (primary N) is 1. The van der Waals surface area contributed by atoms with Gasteiger partial charge in [-0.15, -0.1) is 0 Å². The maximum atomic E-state index is 12.2. The number of hydrogen-bond donors (Lipinski definition) is 3. The lowest BCUT2D eigenvalue weighted by Gasteiger charge is -2.13. The van der Waals surface area contributed by atoms with Gasteiger partial charge in [0.05, 0.1) is 4.90 Å². The summed E-state index contributed by atoms with van der Waals surface area (Å²) in [6, 6.07) is 13.2. The molecule has 0 bridgehead atoms. The molecule has 8 nitrogen and oxygen atoms in total. The molecule has 0 aliphatic carbocycles. The number of aromatic nitrogens is 1.